The molecule has 6 heteroatoms. The lowest BCUT2D eigenvalue weighted by molar-refractivity contribution is 0.773. The molecule has 0 saturated carbocycles. The van der Waals surface area contributed by atoms with Crippen molar-refractivity contribution in [1.29, 1.82) is 0 Å². The van der Waals surface area contributed by atoms with Gasteiger partial charge in [-0.25, -0.2) is 0 Å². The fourth-order valence-corrected chi connectivity index (χ4v) is 12.2. The molecule has 30 heavy (non-hydrogen) atoms. The molecule has 0 atom stereocenters. The highest BCUT2D eigenvalue weighted by molar-refractivity contribution is 8.08. The molecule has 0 unspecified atom stereocenters. The van der Waals surface area contributed by atoms with E-state index in [-0.39, 0.29) is 0 Å². The first kappa shape index (κ1) is 23.7. The quantitative estimate of drug-likeness (QED) is 0.362. The first-order chi connectivity index (χ1) is 14.7. The van der Waals surface area contributed by atoms with Crippen molar-refractivity contribution >= 4 is 74.6 Å². The summed E-state index contributed by atoms with van der Waals surface area (Å²) in [6.45, 7) is 7.04. The van der Waals surface area contributed by atoms with Gasteiger partial charge in [0.1, 0.15) is 0 Å². The van der Waals surface area contributed by atoms with E-state index in [0.29, 0.717) is 5.92 Å². The minimum atomic E-state index is 0.613. The molecule has 0 spiro atoms. The Morgan fingerprint density at radius 2 is 1.90 bits per heavy atom. The summed E-state index contributed by atoms with van der Waals surface area (Å²) in [6.07, 6.45) is 8.73. The zero-order chi connectivity index (χ0) is 21.1. The van der Waals surface area contributed by atoms with Gasteiger partial charge in [0.05, 0.1) is 9.75 Å². The fourth-order valence-electron chi connectivity index (χ4n) is 4.16. The largest absolute Gasteiger partial charge is 0.157 e. The third kappa shape index (κ3) is 4.89. The number of rotatable bonds is 7. The molecule has 4 rings (SSSR count). The van der Waals surface area contributed by atoms with Crippen molar-refractivity contribution in [2.45, 2.75) is 68.6 Å². The van der Waals surface area contributed by atoms with Crippen molar-refractivity contribution in [1.82, 2.24) is 0 Å². The predicted molar refractivity (Wildman–Crippen MR) is 149 cm³/mol. The lowest BCUT2D eigenvalue weighted by Crippen LogP contribution is -2.01. The van der Waals surface area contributed by atoms with Crippen LogP contribution in [0.4, 0.5) is 0 Å². The molecule has 0 radical (unpaired) electrons. The minimum absolute atomic E-state index is 0.613. The van der Waals surface area contributed by atoms with Crippen LogP contribution in [0.3, 0.4) is 0 Å². The van der Waals surface area contributed by atoms with Crippen LogP contribution in [0.5, 0.6) is 0 Å². The number of hydrogen-bond donors (Lipinski definition) is 0. The Morgan fingerprint density at radius 1 is 1.10 bits per heavy atom. The minimum Gasteiger partial charge on any atom is -0.157 e. The van der Waals surface area contributed by atoms with Gasteiger partial charge in [-0.3, -0.25) is 0 Å². The first-order valence-electron chi connectivity index (χ1n) is 11.0. The third-order valence-corrected chi connectivity index (χ3v) is 13.1. The summed E-state index contributed by atoms with van der Waals surface area (Å²) in [5, 5.41) is 2.46. The van der Waals surface area contributed by atoms with E-state index in [4.69, 9.17) is 0 Å². The van der Waals surface area contributed by atoms with Crippen molar-refractivity contribution < 1.29 is 0 Å². The number of unbranched alkanes of at least 4 members (excludes halogenated alkanes) is 1. The molecule has 2 aromatic rings. The Kier molecular flexibility index (Phi) is 8.77. The van der Waals surface area contributed by atoms with Gasteiger partial charge in [0.25, 0.3) is 0 Å². The van der Waals surface area contributed by atoms with Gasteiger partial charge in [0, 0.05) is 36.8 Å². The predicted octanol–water partition coefficient (Wildman–Crippen LogP) is 9.74. The van der Waals surface area contributed by atoms with E-state index in [1.54, 1.807) is 46.0 Å². The van der Waals surface area contributed by atoms with E-state index in [9.17, 15) is 0 Å². The molecular formula is C24H32S6. The second-order valence-corrected chi connectivity index (χ2v) is 14.2. The summed E-state index contributed by atoms with van der Waals surface area (Å²) in [4.78, 5) is 9.54. The molecule has 4 heterocycles. The van der Waals surface area contributed by atoms with E-state index in [0.717, 1.165) is 0 Å². The topological polar surface area (TPSA) is 0 Å². The lowest BCUT2D eigenvalue weighted by Gasteiger charge is -2.19. The number of thioether (sulfide) groups is 4. The zero-order valence-electron chi connectivity index (χ0n) is 18.5. The van der Waals surface area contributed by atoms with Crippen molar-refractivity contribution in [3.8, 4) is 9.75 Å². The molecule has 1 saturated heterocycles. The summed E-state index contributed by atoms with van der Waals surface area (Å²) in [7, 11) is 0. The van der Waals surface area contributed by atoms with Crippen LogP contribution in [0.15, 0.2) is 20.7 Å². The van der Waals surface area contributed by atoms with Crippen LogP contribution < -0.4 is 0 Å². The fraction of sp³-hybridized carbons (Fsp3) is 0.583. The molecule has 1 fully saturated rings. The molecule has 0 amide bonds. The average Bonchev–Trinajstić information content (AvgIpc) is 3.35. The molecule has 2 aliphatic heterocycles. The number of fused-ring (bicyclic) bond motifs is 1. The van der Waals surface area contributed by atoms with E-state index in [1.165, 1.54) is 55.1 Å². The van der Waals surface area contributed by atoms with Gasteiger partial charge in [-0.1, -0.05) is 27.2 Å². The normalized spacial score (nSPS) is 18.7. The molecule has 0 aromatic carbocycles. The second-order valence-electron chi connectivity index (χ2n) is 8.17. The number of thiophene rings is 2. The number of hydrogen-bond acceptors (Lipinski definition) is 6. The van der Waals surface area contributed by atoms with Crippen LogP contribution in [0.25, 0.3) is 14.7 Å². The molecule has 164 valence electrons. The van der Waals surface area contributed by atoms with Crippen LogP contribution >= 0.6 is 69.7 Å². The molecule has 2 aromatic heterocycles. The standard InChI is InChI=1S/C24H32S6/c1-5-6-9-17-18(15(2)3)14-29-20(17)24-22-21(27-11-12-28-22)23(30-24)19(25-4)16-8-7-10-26-13-16/h14-15H,5-13H2,1-4H3/b19-16-. The Morgan fingerprint density at radius 3 is 2.57 bits per heavy atom. The van der Waals surface area contributed by atoms with Gasteiger partial charge in [-0.15, -0.1) is 58.0 Å². The van der Waals surface area contributed by atoms with E-state index < -0.39 is 0 Å². The maximum absolute atomic E-state index is 2.46. The summed E-state index contributed by atoms with van der Waals surface area (Å²) < 4.78 is 0. The highest BCUT2D eigenvalue weighted by Gasteiger charge is 2.29. The van der Waals surface area contributed by atoms with Gasteiger partial charge in [-0.2, -0.15) is 11.8 Å². The van der Waals surface area contributed by atoms with Gasteiger partial charge in [-0.05, 0) is 65.7 Å². The summed E-state index contributed by atoms with van der Waals surface area (Å²) in [5.41, 5.74) is 4.94. The Labute approximate surface area is 207 Å². The van der Waals surface area contributed by atoms with Crippen molar-refractivity contribution in [2.24, 2.45) is 0 Å². The zero-order valence-corrected chi connectivity index (χ0v) is 23.4. The van der Waals surface area contributed by atoms with Crippen LogP contribution in [0, 0.1) is 0 Å². The van der Waals surface area contributed by atoms with Crippen molar-refractivity contribution in [3.63, 3.8) is 0 Å². The summed E-state index contributed by atoms with van der Waals surface area (Å²) >= 11 is 12.5. The Hall–Kier alpha value is 0.540. The molecular weight excluding hydrogens is 481 g/mol. The molecule has 0 nitrogen and oxygen atoms in total. The monoisotopic (exact) mass is 512 g/mol. The maximum Gasteiger partial charge on any atom is 0.0599 e. The SMILES string of the molecule is CCCCc1c(C(C)C)csc1-c1sc(/C(SC)=C2\CCCSC2)c2c1SCCS2. The maximum atomic E-state index is 2.46. The highest BCUT2D eigenvalue weighted by atomic mass is 32.2. The smallest absolute Gasteiger partial charge is 0.0599 e. The van der Waals surface area contributed by atoms with E-state index in [2.05, 4.69) is 79.0 Å². The van der Waals surface area contributed by atoms with E-state index in [1.807, 2.05) is 23.1 Å². The highest BCUT2D eigenvalue weighted by Crippen LogP contribution is 2.56. The third-order valence-electron chi connectivity index (χ3n) is 5.71. The molecule has 0 aliphatic carbocycles. The molecule has 0 N–H and O–H groups in total. The Balaban J connectivity index is 1.85. The first-order valence-corrected chi connectivity index (χ1v) is 17.1. The second kappa shape index (κ2) is 11.1. The van der Waals surface area contributed by atoms with Gasteiger partial charge < -0.3 is 0 Å². The van der Waals surface area contributed by atoms with Gasteiger partial charge >= 0.3 is 0 Å². The van der Waals surface area contributed by atoms with Crippen LogP contribution in [0.2, 0.25) is 0 Å². The summed E-state index contributed by atoms with van der Waals surface area (Å²) in [5.74, 6) is 5.67. The van der Waals surface area contributed by atoms with Crippen molar-refractivity contribution in [3.05, 3.63) is 27.0 Å². The van der Waals surface area contributed by atoms with Gasteiger partial charge in [0.2, 0.25) is 0 Å². The molecule has 2 aliphatic rings. The van der Waals surface area contributed by atoms with Crippen LogP contribution in [0.1, 0.15) is 68.4 Å². The van der Waals surface area contributed by atoms with E-state index >= 15 is 0 Å². The van der Waals surface area contributed by atoms with Crippen molar-refractivity contribution in [2.75, 3.05) is 29.3 Å². The average molecular weight is 513 g/mol. The summed E-state index contributed by atoms with van der Waals surface area (Å²) in [6, 6.07) is 0. The lowest BCUT2D eigenvalue weighted by atomic mass is 9.96. The Bertz CT molecular complexity index is 893. The van der Waals surface area contributed by atoms with Crippen LogP contribution in [-0.2, 0) is 6.42 Å². The van der Waals surface area contributed by atoms with Gasteiger partial charge in [0.15, 0.2) is 0 Å². The molecule has 0 bridgehead atoms. The van der Waals surface area contributed by atoms with Crippen LogP contribution in [-0.4, -0.2) is 29.3 Å².